The highest BCUT2D eigenvalue weighted by molar-refractivity contribution is 7.58. The van der Waals surface area contributed by atoms with Crippen molar-refractivity contribution in [3.63, 3.8) is 0 Å². The molecule has 0 heterocycles. The molecule has 0 aliphatic rings. The normalized spacial score (nSPS) is 11.9. The van der Waals surface area contributed by atoms with Crippen molar-refractivity contribution in [1.29, 1.82) is 5.26 Å². The molecule has 0 saturated heterocycles. The number of nitriles is 1. The van der Waals surface area contributed by atoms with E-state index in [0.29, 0.717) is 0 Å². The summed E-state index contributed by atoms with van der Waals surface area (Å²) in [6.07, 6.45) is 1.36. The standard InChI is InChI=1S/C13H17N2O3P/c1-3-17-19(16,18-4-2)13(10-14)11-15-12-8-6-5-7-9-12/h5-9,11,15H,3-4H2,1-2H3. The molecule has 0 bridgehead atoms. The van der Waals surface area contributed by atoms with Gasteiger partial charge in [-0.1, -0.05) is 18.2 Å². The highest BCUT2D eigenvalue weighted by Gasteiger charge is 2.29. The molecule has 1 aromatic carbocycles. The molecular formula is C13H17N2O3P. The predicted octanol–water partition coefficient (Wildman–Crippen LogP) is 3.73. The van der Waals surface area contributed by atoms with Gasteiger partial charge in [-0.05, 0) is 26.0 Å². The minimum atomic E-state index is -3.53. The van der Waals surface area contributed by atoms with Crippen molar-refractivity contribution >= 4 is 13.3 Å². The summed E-state index contributed by atoms with van der Waals surface area (Å²) in [4.78, 5) is 0. The van der Waals surface area contributed by atoms with Gasteiger partial charge in [0.1, 0.15) is 6.07 Å². The Morgan fingerprint density at radius 1 is 1.32 bits per heavy atom. The van der Waals surface area contributed by atoms with E-state index >= 15 is 0 Å². The highest BCUT2D eigenvalue weighted by Crippen LogP contribution is 2.55. The molecule has 0 spiro atoms. The molecule has 0 fully saturated rings. The van der Waals surface area contributed by atoms with Gasteiger partial charge in [0.25, 0.3) is 0 Å². The first-order valence-electron chi connectivity index (χ1n) is 5.97. The fourth-order valence-corrected chi connectivity index (χ4v) is 2.75. The molecule has 0 aromatic heterocycles. The number of hydrogen-bond donors (Lipinski definition) is 1. The maximum absolute atomic E-state index is 12.4. The second-order valence-electron chi connectivity index (χ2n) is 3.48. The van der Waals surface area contributed by atoms with Gasteiger partial charge in [-0.3, -0.25) is 4.57 Å². The quantitative estimate of drug-likeness (QED) is 0.608. The SMILES string of the molecule is CCOP(=O)(OCC)C(C#N)=CNc1ccccc1. The van der Waals surface area contributed by atoms with Crippen molar-refractivity contribution in [2.75, 3.05) is 18.5 Å². The molecule has 0 aliphatic carbocycles. The Morgan fingerprint density at radius 2 is 1.89 bits per heavy atom. The van der Waals surface area contributed by atoms with Crippen LogP contribution in [0.1, 0.15) is 13.8 Å². The maximum Gasteiger partial charge on any atom is 0.373 e. The number of rotatable bonds is 7. The minimum Gasteiger partial charge on any atom is -0.360 e. The molecule has 5 nitrogen and oxygen atoms in total. The zero-order chi connectivity index (χ0) is 14.1. The number of hydrogen-bond acceptors (Lipinski definition) is 5. The van der Waals surface area contributed by atoms with Gasteiger partial charge in [-0.2, -0.15) is 5.26 Å². The summed E-state index contributed by atoms with van der Waals surface area (Å²) in [6.45, 7) is 3.82. The Hall–Kier alpha value is -1.60. The molecule has 1 aromatic rings. The number of allylic oxidation sites excluding steroid dienone is 1. The number of benzene rings is 1. The summed E-state index contributed by atoms with van der Waals surface area (Å²) in [5, 5.41) is 12.0. The first-order chi connectivity index (χ1) is 9.16. The lowest BCUT2D eigenvalue weighted by molar-refractivity contribution is 0.227. The first kappa shape index (κ1) is 15.5. The molecule has 0 aliphatic heterocycles. The fourth-order valence-electron chi connectivity index (χ4n) is 1.37. The third-order valence-corrected chi connectivity index (χ3v) is 4.17. The van der Waals surface area contributed by atoms with Gasteiger partial charge in [0.15, 0.2) is 5.31 Å². The van der Waals surface area contributed by atoms with E-state index in [1.54, 1.807) is 13.8 Å². The third kappa shape index (κ3) is 4.53. The molecule has 1 N–H and O–H groups in total. The zero-order valence-corrected chi connectivity index (χ0v) is 11.9. The van der Waals surface area contributed by atoms with Crippen LogP contribution in [0.25, 0.3) is 0 Å². The van der Waals surface area contributed by atoms with Crippen molar-refractivity contribution < 1.29 is 13.6 Å². The molecule has 102 valence electrons. The topological polar surface area (TPSA) is 71.3 Å². The molecule has 0 saturated carbocycles. The van der Waals surface area contributed by atoms with Gasteiger partial charge >= 0.3 is 7.60 Å². The van der Waals surface area contributed by atoms with Gasteiger partial charge in [0.05, 0.1) is 13.2 Å². The lowest BCUT2D eigenvalue weighted by Crippen LogP contribution is -2.00. The van der Waals surface area contributed by atoms with Crippen LogP contribution in [0.4, 0.5) is 5.69 Å². The second-order valence-corrected chi connectivity index (χ2v) is 5.48. The Labute approximate surface area is 113 Å². The van der Waals surface area contributed by atoms with Crippen LogP contribution in [-0.2, 0) is 13.6 Å². The van der Waals surface area contributed by atoms with Gasteiger partial charge in [0.2, 0.25) is 0 Å². The maximum atomic E-state index is 12.4. The average Bonchev–Trinajstić information content (AvgIpc) is 2.41. The van der Waals surface area contributed by atoms with E-state index < -0.39 is 7.60 Å². The van der Waals surface area contributed by atoms with Crippen LogP contribution in [-0.4, -0.2) is 13.2 Å². The Morgan fingerprint density at radius 3 is 2.37 bits per heavy atom. The number of para-hydroxylation sites is 1. The average molecular weight is 280 g/mol. The Kier molecular flexibility index (Phi) is 6.31. The van der Waals surface area contributed by atoms with Gasteiger partial charge < -0.3 is 14.4 Å². The summed E-state index contributed by atoms with van der Waals surface area (Å²) in [7, 11) is -3.53. The smallest absolute Gasteiger partial charge is 0.360 e. The van der Waals surface area contributed by atoms with E-state index in [1.807, 2.05) is 36.4 Å². The molecule has 19 heavy (non-hydrogen) atoms. The van der Waals surface area contributed by atoms with E-state index in [9.17, 15) is 4.57 Å². The fraction of sp³-hybridized carbons (Fsp3) is 0.308. The van der Waals surface area contributed by atoms with E-state index in [4.69, 9.17) is 14.3 Å². The third-order valence-electron chi connectivity index (χ3n) is 2.16. The van der Waals surface area contributed by atoms with E-state index in [1.165, 1.54) is 6.20 Å². The largest absolute Gasteiger partial charge is 0.373 e. The molecule has 6 heteroatoms. The van der Waals surface area contributed by atoms with Crippen LogP contribution >= 0.6 is 7.60 Å². The minimum absolute atomic E-state index is 0.0416. The molecule has 0 atom stereocenters. The summed E-state index contributed by atoms with van der Waals surface area (Å²) < 4.78 is 22.6. The van der Waals surface area contributed by atoms with Crippen LogP contribution in [0.5, 0.6) is 0 Å². The van der Waals surface area contributed by atoms with E-state index in [0.717, 1.165) is 5.69 Å². The monoisotopic (exact) mass is 280 g/mol. The predicted molar refractivity (Wildman–Crippen MR) is 74.6 cm³/mol. The van der Waals surface area contributed by atoms with E-state index in [2.05, 4.69) is 5.32 Å². The number of nitrogens with one attached hydrogen (secondary N) is 1. The number of nitrogens with zero attached hydrogens (tertiary/aromatic N) is 1. The van der Waals surface area contributed by atoms with Crippen LogP contribution in [0, 0.1) is 11.3 Å². The van der Waals surface area contributed by atoms with Crippen molar-refractivity contribution in [3.8, 4) is 6.07 Å². The van der Waals surface area contributed by atoms with Crippen LogP contribution in [0.3, 0.4) is 0 Å². The van der Waals surface area contributed by atoms with Crippen LogP contribution in [0.2, 0.25) is 0 Å². The van der Waals surface area contributed by atoms with Gasteiger partial charge in [-0.15, -0.1) is 0 Å². The first-order valence-corrected chi connectivity index (χ1v) is 7.52. The highest BCUT2D eigenvalue weighted by atomic mass is 31.2. The summed E-state index contributed by atoms with van der Waals surface area (Å²) in [5.74, 6) is 0. The Balaban J connectivity index is 2.92. The summed E-state index contributed by atoms with van der Waals surface area (Å²) in [5.41, 5.74) is 0.787. The van der Waals surface area contributed by atoms with Crippen molar-refractivity contribution in [2.45, 2.75) is 13.8 Å². The lowest BCUT2D eigenvalue weighted by atomic mass is 10.3. The van der Waals surface area contributed by atoms with Gasteiger partial charge in [0, 0.05) is 11.9 Å². The molecule has 1 rings (SSSR count). The molecule has 0 unspecified atom stereocenters. The van der Waals surface area contributed by atoms with Crippen molar-refractivity contribution in [3.05, 3.63) is 41.8 Å². The summed E-state index contributed by atoms with van der Waals surface area (Å²) >= 11 is 0. The second kappa shape index (κ2) is 7.75. The zero-order valence-electron chi connectivity index (χ0n) is 11.0. The molecule has 0 amide bonds. The summed E-state index contributed by atoms with van der Waals surface area (Å²) in [6, 6.07) is 11.1. The van der Waals surface area contributed by atoms with Crippen molar-refractivity contribution in [1.82, 2.24) is 0 Å². The van der Waals surface area contributed by atoms with E-state index in [-0.39, 0.29) is 18.5 Å². The Bertz CT molecular complexity index is 498. The van der Waals surface area contributed by atoms with Crippen LogP contribution in [0.15, 0.2) is 41.8 Å². The molecular weight excluding hydrogens is 263 g/mol. The van der Waals surface area contributed by atoms with Crippen LogP contribution < -0.4 is 5.32 Å². The van der Waals surface area contributed by atoms with Crippen molar-refractivity contribution in [2.24, 2.45) is 0 Å². The lowest BCUT2D eigenvalue weighted by Gasteiger charge is -2.15. The van der Waals surface area contributed by atoms with Gasteiger partial charge in [-0.25, -0.2) is 0 Å². The number of anilines is 1. The molecule has 0 radical (unpaired) electrons.